The highest BCUT2D eigenvalue weighted by atomic mass is 32.2. The summed E-state index contributed by atoms with van der Waals surface area (Å²) < 4.78 is 44.1. The van der Waals surface area contributed by atoms with E-state index in [1.54, 1.807) is 0 Å². The van der Waals surface area contributed by atoms with Crippen LogP contribution in [-0.4, -0.2) is 17.5 Å². The molecule has 0 bridgehead atoms. The predicted octanol–water partition coefficient (Wildman–Crippen LogP) is 3.46. The molecule has 2 rings (SSSR count). The normalized spacial score (nSPS) is 12.0. The Balaban J connectivity index is 2.75. The average Bonchev–Trinajstić information content (AvgIpc) is 2.39. The monoisotopic (exact) mass is 318 g/mol. The van der Waals surface area contributed by atoms with E-state index in [2.05, 4.69) is 0 Å². The van der Waals surface area contributed by atoms with Gasteiger partial charge in [-0.2, -0.15) is 13.2 Å². The fraction of sp³-hybridized carbons (Fsp3) is 0.357. The number of aliphatic hydroxyl groups excluding tert-OH is 1. The largest absolute Gasteiger partial charge is 0.449 e. The van der Waals surface area contributed by atoms with Gasteiger partial charge in [-0.15, -0.1) is 0 Å². The number of rotatable bonds is 4. The van der Waals surface area contributed by atoms with Gasteiger partial charge in [0.1, 0.15) is 5.58 Å². The lowest BCUT2D eigenvalue weighted by Gasteiger charge is -2.11. The van der Waals surface area contributed by atoms with Gasteiger partial charge in [0, 0.05) is 12.7 Å². The number of halogens is 3. The summed E-state index contributed by atoms with van der Waals surface area (Å²) in [4.78, 5) is 12.0. The first-order chi connectivity index (χ1) is 9.86. The average molecular weight is 318 g/mol. The van der Waals surface area contributed by atoms with Crippen molar-refractivity contribution in [2.75, 3.05) is 12.4 Å². The molecule has 0 aliphatic carbocycles. The van der Waals surface area contributed by atoms with E-state index in [-0.39, 0.29) is 29.6 Å². The van der Waals surface area contributed by atoms with Gasteiger partial charge in [0.25, 0.3) is 0 Å². The molecule has 1 heterocycles. The summed E-state index contributed by atoms with van der Waals surface area (Å²) in [5.41, 5.74) is -1.14. The molecular weight excluding hydrogens is 305 g/mol. The van der Waals surface area contributed by atoms with Crippen molar-refractivity contribution in [2.24, 2.45) is 0 Å². The van der Waals surface area contributed by atoms with Crippen LogP contribution in [0.1, 0.15) is 18.1 Å². The van der Waals surface area contributed by atoms with Gasteiger partial charge in [-0.3, -0.25) is 4.79 Å². The van der Waals surface area contributed by atoms with E-state index in [1.165, 1.54) is 17.8 Å². The van der Waals surface area contributed by atoms with Crippen LogP contribution in [0.15, 0.2) is 32.5 Å². The van der Waals surface area contributed by atoms with Crippen LogP contribution in [0.3, 0.4) is 0 Å². The van der Waals surface area contributed by atoms with Crippen molar-refractivity contribution >= 4 is 22.7 Å². The van der Waals surface area contributed by atoms with Crippen LogP contribution in [0.4, 0.5) is 13.2 Å². The molecule has 1 N–H and O–H groups in total. The van der Waals surface area contributed by atoms with E-state index >= 15 is 0 Å². The molecule has 0 amide bonds. The van der Waals surface area contributed by atoms with E-state index in [0.29, 0.717) is 10.8 Å². The molecule has 0 saturated carbocycles. The molecule has 0 atom stereocenters. The minimum Gasteiger partial charge on any atom is -0.449 e. The summed E-state index contributed by atoms with van der Waals surface area (Å²) >= 11 is 1.29. The van der Waals surface area contributed by atoms with Crippen molar-refractivity contribution in [3.8, 4) is 0 Å². The molecule has 0 fully saturated rings. The number of hydrogen-bond acceptors (Lipinski definition) is 4. The van der Waals surface area contributed by atoms with E-state index in [0.717, 1.165) is 12.1 Å². The number of hydrogen-bond donors (Lipinski definition) is 1. The molecule has 2 aromatic rings. The summed E-state index contributed by atoms with van der Waals surface area (Å²) in [5, 5.41) is 9.25. The Morgan fingerprint density at radius 2 is 2.00 bits per heavy atom. The van der Waals surface area contributed by atoms with Crippen LogP contribution in [0.5, 0.6) is 0 Å². The lowest BCUT2D eigenvalue weighted by molar-refractivity contribution is -0.137. The maximum atomic E-state index is 12.9. The third-order valence-corrected chi connectivity index (χ3v) is 3.65. The van der Waals surface area contributed by atoms with E-state index < -0.39 is 17.2 Å². The van der Waals surface area contributed by atoms with Gasteiger partial charge in [0.2, 0.25) is 0 Å². The van der Waals surface area contributed by atoms with Crippen LogP contribution in [0.2, 0.25) is 0 Å². The zero-order valence-corrected chi connectivity index (χ0v) is 12.0. The van der Waals surface area contributed by atoms with Crippen molar-refractivity contribution in [1.29, 1.82) is 0 Å². The summed E-state index contributed by atoms with van der Waals surface area (Å²) in [5.74, 6) is 0.671. The van der Waals surface area contributed by atoms with Crippen molar-refractivity contribution in [3.63, 3.8) is 0 Å². The summed E-state index contributed by atoms with van der Waals surface area (Å²) in [6, 6.07) is 2.91. The van der Waals surface area contributed by atoms with Gasteiger partial charge in [0.15, 0.2) is 10.5 Å². The predicted molar refractivity (Wildman–Crippen MR) is 74.7 cm³/mol. The second-order valence-corrected chi connectivity index (χ2v) is 5.61. The Bertz CT molecular complexity index is 707. The smallest absolute Gasteiger partial charge is 0.416 e. The maximum Gasteiger partial charge on any atom is 0.416 e. The van der Waals surface area contributed by atoms with Crippen molar-refractivity contribution < 1.29 is 22.7 Å². The molecule has 0 aliphatic rings. The molecule has 0 unspecified atom stereocenters. The highest BCUT2D eigenvalue weighted by Gasteiger charge is 2.32. The Morgan fingerprint density at radius 3 is 2.57 bits per heavy atom. The molecule has 1 aromatic heterocycles. The Morgan fingerprint density at radius 1 is 1.29 bits per heavy atom. The van der Waals surface area contributed by atoms with Crippen LogP contribution in [-0.2, 0) is 12.6 Å². The number of aliphatic hydroxyl groups is 1. The molecular formula is C14H13F3O3S. The Labute approximate surface area is 122 Å². The van der Waals surface area contributed by atoms with Gasteiger partial charge in [-0.1, -0.05) is 18.7 Å². The molecule has 0 radical (unpaired) electrons. The van der Waals surface area contributed by atoms with E-state index in [9.17, 15) is 18.0 Å². The van der Waals surface area contributed by atoms with Gasteiger partial charge < -0.3 is 9.52 Å². The second-order valence-electron chi connectivity index (χ2n) is 4.35. The lowest BCUT2D eigenvalue weighted by atomic mass is 10.0. The third kappa shape index (κ3) is 3.41. The minimum atomic E-state index is -4.55. The van der Waals surface area contributed by atoms with Crippen molar-refractivity contribution in [1.82, 2.24) is 0 Å². The van der Waals surface area contributed by atoms with E-state index in [1.807, 2.05) is 6.92 Å². The molecule has 21 heavy (non-hydrogen) atoms. The number of benzene rings is 1. The first-order valence-electron chi connectivity index (χ1n) is 6.28. The fourth-order valence-electron chi connectivity index (χ4n) is 1.99. The number of thioether (sulfide) groups is 1. The molecule has 114 valence electrons. The molecule has 1 aromatic carbocycles. The Hall–Kier alpha value is -1.47. The van der Waals surface area contributed by atoms with Crippen LogP contribution < -0.4 is 5.43 Å². The third-order valence-electron chi connectivity index (χ3n) is 2.88. The highest BCUT2D eigenvalue weighted by molar-refractivity contribution is 7.99. The van der Waals surface area contributed by atoms with E-state index in [4.69, 9.17) is 9.52 Å². The molecule has 7 heteroatoms. The maximum absolute atomic E-state index is 12.9. The van der Waals surface area contributed by atoms with Gasteiger partial charge >= 0.3 is 6.18 Å². The van der Waals surface area contributed by atoms with Crippen LogP contribution in [0.25, 0.3) is 11.0 Å². The SMILES string of the molecule is CCSc1cc(=O)c2cc(C(F)(F)F)cc(CCO)c2o1. The fourth-order valence-corrected chi connectivity index (χ4v) is 2.61. The first-order valence-corrected chi connectivity index (χ1v) is 7.27. The zero-order chi connectivity index (χ0) is 15.6. The lowest BCUT2D eigenvalue weighted by Crippen LogP contribution is -2.10. The topological polar surface area (TPSA) is 50.4 Å². The highest BCUT2D eigenvalue weighted by Crippen LogP contribution is 2.33. The standard InChI is InChI=1S/C14H13F3O3S/c1-2-21-12-7-11(19)10-6-9(14(15,16)17)5-8(3-4-18)13(10)20-12/h5-7,18H,2-4H2,1H3. The van der Waals surface area contributed by atoms with Crippen molar-refractivity contribution in [3.05, 3.63) is 39.5 Å². The van der Waals surface area contributed by atoms with Gasteiger partial charge in [0.05, 0.1) is 10.9 Å². The molecule has 0 saturated heterocycles. The summed E-state index contributed by atoms with van der Waals surface area (Å²) in [6.45, 7) is 1.54. The molecule has 0 spiro atoms. The van der Waals surface area contributed by atoms with Gasteiger partial charge in [-0.05, 0) is 29.9 Å². The molecule has 0 aliphatic heterocycles. The van der Waals surface area contributed by atoms with Crippen LogP contribution in [0, 0.1) is 0 Å². The number of alkyl halides is 3. The van der Waals surface area contributed by atoms with Crippen LogP contribution >= 0.6 is 11.8 Å². The summed E-state index contributed by atoms with van der Waals surface area (Å²) in [6.07, 6.45) is -4.56. The molecule has 3 nitrogen and oxygen atoms in total. The van der Waals surface area contributed by atoms with Crippen molar-refractivity contribution in [2.45, 2.75) is 24.6 Å². The zero-order valence-electron chi connectivity index (χ0n) is 11.2. The quantitative estimate of drug-likeness (QED) is 0.877. The second kappa shape index (κ2) is 6.11. The van der Waals surface area contributed by atoms with Gasteiger partial charge in [-0.25, -0.2) is 0 Å². The number of fused-ring (bicyclic) bond motifs is 1. The first kappa shape index (κ1) is 15.9. The minimum absolute atomic E-state index is 0.0103. The summed E-state index contributed by atoms with van der Waals surface area (Å²) in [7, 11) is 0. The Kier molecular flexibility index (Phi) is 4.63.